The van der Waals surface area contributed by atoms with Crippen LogP contribution in [0.15, 0.2) is 34.8 Å². The molecular weight excluding hydrogens is 386 g/mol. The number of aliphatic imine (C=N–C) groups is 1. The van der Waals surface area contributed by atoms with Crippen molar-refractivity contribution in [3.05, 3.63) is 41.1 Å². The summed E-state index contributed by atoms with van der Waals surface area (Å²) in [7, 11) is 3.14. The fourth-order valence-electron chi connectivity index (χ4n) is 2.66. The molecule has 0 aliphatic rings. The van der Waals surface area contributed by atoms with E-state index in [1.54, 1.807) is 18.1 Å². The summed E-state index contributed by atoms with van der Waals surface area (Å²) in [5, 5.41) is 9.12. The van der Waals surface area contributed by atoms with E-state index < -0.39 is 0 Å². The molecule has 0 spiro atoms. The highest BCUT2D eigenvalue weighted by atomic mass is 16.5. The lowest BCUT2D eigenvalue weighted by Gasteiger charge is -2.31. The number of pyridine rings is 1. The molecule has 9 nitrogen and oxygen atoms in total. The predicted molar refractivity (Wildman–Crippen MR) is 115 cm³/mol. The number of hydrogen-bond acceptors (Lipinski definition) is 7. The van der Waals surface area contributed by atoms with Gasteiger partial charge in [-0.2, -0.15) is 0 Å². The molecule has 0 radical (unpaired) electrons. The molecule has 30 heavy (non-hydrogen) atoms. The molecule has 0 saturated heterocycles. The van der Waals surface area contributed by atoms with Crippen LogP contribution in [-0.4, -0.2) is 84.4 Å². The Balaban J connectivity index is 3.42. The monoisotopic (exact) mass is 419 g/mol. The molecule has 1 rings (SSSR count). The van der Waals surface area contributed by atoms with Crippen molar-refractivity contribution < 1.29 is 19.4 Å². The van der Waals surface area contributed by atoms with Crippen LogP contribution in [0.4, 0.5) is 0 Å². The highest BCUT2D eigenvalue weighted by Crippen LogP contribution is 2.20. The number of nitrogens with zero attached hydrogens (tertiary/aromatic N) is 5. The van der Waals surface area contributed by atoms with Crippen LogP contribution in [0.2, 0.25) is 0 Å². The standard InChI is InChI=1S/C21H33N5O4/c1-6-12-30-16-26(14-18-9-8-17(2)13-23-18)19(20(22-3)25(5)15-28)21(29)24(4)10-7-11-27/h8-9,13,15,27H,3,6-7,10-12,14,16H2,1-2,4-5H3/b20-19+. The molecule has 0 saturated carbocycles. The summed E-state index contributed by atoms with van der Waals surface area (Å²) in [5.74, 6) is -0.232. The molecule has 0 atom stereocenters. The van der Waals surface area contributed by atoms with Crippen molar-refractivity contribution in [2.24, 2.45) is 4.99 Å². The molecule has 1 aromatic rings. The lowest BCUT2D eigenvalue weighted by Crippen LogP contribution is -2.40. The number of likely N-dealkylation sites (N-methyl/N-ethyl adjacent to an activating group) is 1. The molecule has 2 amide bonds. The van der Waals surface area contributed by atoms with E-state index in [0.717, 1.165) is 17.7 Å². The van der Waals surface area contributed by atoms with E-state index in [1.807, 2.05) is 26.0 Å². The first kappa shape index (κ1) is 25.3. The number of aryl methyl sites for hydroxylation is 1. The quantitative estimate of drug-likeness (QED) is 0.161. The minimum Gasteiger partial charge on any atom is -0.396 e. The number of aliphatic hydroxyl groups is 1. The summed E-state index contributed by atoms with van der Waals surface area (Å²) in [4.78, 5) is 37.5. The molecule has 0 aromatic carbocycles. The summed E-state index contributed by atoms with van der Waals surface area (Å²) >= 11 is 0. The first-order valence-electron chi connectivity index (χ1n) is 9.89. The second-order valence-electron chi connectivity index (χ2n) is 6.91. The van der Waals surface area contributed by atoms with E-state index in [2.05, 4.69) is 16.7 Å². The molecular formula is C21H33N5O4. The van der Waals surface area contributed by atoms with Gasteiger partial charge < -0.3 is 24.5 Å². The number of hydrogen-bond donors (Lipinski definition) is 1. The Labute approximate surface area is 178 Å². The third kappa shape index (κ3) is 7.57. The number of rotatable bonds is 14. The minimum atomic E-state index is -0.355. The summed E-state index contributed by atoms with van der Waals surface area (Å²) in [6.45, 7) is 8.72. The molecule has 1 N–H and O–H groups in total. The van der Waals surface area contributed by atoms with Crippen molar-refractivity contribution in [3.8, 4) is 0 Å². The van der Waals surface area contributed by atoms with Crippen LogP contribution >= 0.6 is 0 Å². The van der Waals surface area contributed by atoms with Crippen molar-refractivity contribution in [2.75, 3.05) is 40.6 Å². The van der Waals surface area contributed by atoms with Crippen LogP contribution in [0.3, 0.4) is 0 Å². The molecule has 1 aromatic heterocycles. The van der Waals surface area contributed by atoms with Crippen LogP contribution in [0.1, 0.15) is 31.0 Å². The lowest BCUT2D eigenvalue weighted by atomic mass is 10.2. The number of amides is 2. The highest BCUT2D eigenvalue weighted by molar-refractivity contribution is 5.93. The number of ether oxygens (including phenoxy) is 1. The Bertz CT molecular complexity index is 721. The second kappa shape index (κ2) is 13.4. The Hall–Kier alpha value is -2.78. The van der Waals surface area contributed by atoms with Gasteiger partial charge in [0.2, 0.25) is 6.41 Å². The zero-order valence-electron chi connectivity index (χ0n) is 18.4. The average Bonchev–Trinajstić information content (AvgIpc) is 2.75. The van der Waals surface area contributed by atoms with Gasteiger partial charge >= 0.3 is 0 Å². The number of carbonyl (C=O) groups is 2. The van der Waals surface area contributed by atoms with Gasteiger partial charge in [-0.15, -0.1) is 0 Å². The van der Waals surface area contributed by atoms with Crippen LogP contribution in [0, 0.1) is 6.92 Å². The minimum absolute atomic E-state index is 0.0336. The van der Waals surface area contributed by atoms with Crippen molar-refractivity contribution >= 4 is 19.0 Å². The van der Waals surface area contributed by atoms with Gasteiger partial charge in [-0.25, -0.2) is 4.99 Å². The Kier molecular flexibility index (Phi) is 11.3. The topological polar surface area (TPSA) is 98.6 Å². The summed E-state index contributed by atoms with van der Waals surface area (Å²) < 4.78 is 5.73. The molecule has 0 aliphatic heterocycles. The SMILES string of the molecule is C=N/C(=C(/C(=O)N(C)CCCO)N(COCCC)Cc1ccc(C)cn1)N(C)C=O. The van der Waals surface area contributed by atoms with Crippen LogP contribution in [0.5, 0.6) is 0 Å². The van der Waals surface area contributed by atoms with Gasteiger partial charge in [0.15, 0.2) is 5.82 Å². The van der Waals surface area contributed by atoms with Gasteiger partial charge in [-0.1, -0.05) is 13.0 Å². The maximum atomic E-state index is 13.3. The highest BCUT2D eigenvalue weighted by Gasteiger charge is 2.27. The van der Waals surface area contributed by atoms with Crippen molar-refractivity contribution in [1.29, 1.82) is 0 Å². The van der Waals surface area contributed by atoms with E-state index in [1.165, 1.54) is 16.8 Å². The van der Waals surface area contributed by atoms with Crippen molar-refractivity contribution in [3.63, 3.8) is 0 Å². The summed E-state index contributed by atoms with van der Waals surface area (Å²) in [6.07, 6.45) is 3.58. The van der Waals surface area contributed by atoms with Gasteiger partial charge in [0, 0.05) is 40.1 Å². The van der Waals surface area contributed by atoms with Gasteiger partial charge in [0.05, 0.1) is 12.2 Å². The Morgan fingerprint density at radius 1 is 1.37 bits per heavy atom. The normalized spacial score (nSPS) is 11.5. The second-order valence-corrected chi connectivity index (χ2v) is 6.91. The maximum Gasteiger partial charge on any atom is 0.273 e. The molecule has 0 bridgehead atoms. The van der Waals surface area contributed by atoms with E-state index in [4.69, 9.17) is 9.84 Å². The molecule has 1 heterocycles. The van der Waals surface area contributed by atoms with E-state index >= 15 is 0 Å². The molecule has 166 valence electrons. The van der Waals surface area contributed by atoms with Crippen LogP contribution in [-0.2, 0) is 20.9 Å². The zero-order valence-corrected chi connectivity index (χ0v) is 18.4. The summed E-state index contributed by atoms with van der Waals surface area (Å²) in [5.41, 5.74) is 1.94. The maximum absolute atomic E-state index is 13.3. The third-order valence-corrected chi connectivity index (χ3v) is 4.29. The van der Waals surface area contributed by atoms with Crippen LogP contribution < -0.4 is 0 Å². The van der Waals surface area contributed by atoms with E-state index in [-0.39, 0.29) is 37.3 Å². The molecule has 0 aliphatic carbocycles. The molecule has 0 fully saturated rings. The predicted octanol–water partition coefficient (Wildman–Crippen LogP) is 1.37. The molecule has 0 unspecified atom stereocenters. The number of aliphatic hydroxyl groups excluding tert-OH is 1. The van der Waals surface area contributed by atoms with Gasteiger partial charge in [-0.05, 0) is 38.1 Å². The van der Waals surface area contributed by atoms with E-state index in [9.17, 15) is 9.59 Å². The van der Waals surface area contributed by atoms with Crippen molar-refractivity contribution in [2.45, 2.75) is 33.2 Å². The lowest BCUT2D eigenvalue weighted by molar-refractivity contribution is -0.129. The third-order valence-electron chi connectivity index (χ3n) is 4.29. The smallest absolute Gasteiger partial charge is 0.273 e. The van der Waals surface area contributed by atoms with Crippen molar-refractivity contribution in [1.82, 2.24) is 19.7 Å². The summed E-state index contributed by atoms with van der Waals surface area (Å²) in [6, 6.07) is 3.82. The first-order valence-corrected chi connectivity index (χ1v) is 9.89. The first-order chi connectivity index (χ1) is 14.4. The zero-order chi connectivity index (χ0) is 22.5. The van der Waals surface area contributed by atoms with Gasteiger partial charge in [0.25, 0.3) is 5.91 Å². The van der Waals surface area contributed by atoms with Gasteiger partial charge in [0.1, 0.15) is 12.4 Å². The van der Waals surface area contributed by atoms with E-state index in [0.29, 0.717) is 26.0 Å². The fourth-order valence-corrected chi connectivity index (χ4v) is 2.66. The Morgan fingerprint density at radius 3 is 2.63 bits per heavy atom. The molecule has 9 heteroatoms. The Morgan fingerprint density at radius 2 is 2.10 bits per heavy atom. The number of carbonyl (C=O) groups excluding carboxylic acids is 2. The fraction of sp³-hybridized carbons (Fsp3) is 0.524. The average molecular weight is 420 g/mol. The van der Waals surface area contributed by atoms with Crippen LogP contribution in [0.25, 0.3) is 0 Å². The largest absolute Gasteiger partial charge is 0.396 e. The van der Waals surface area contributed by atoms with Gasteiger partial charge in [-0.3, -0.25) is 14.6 Å². The number of aromatic nitrogens is 1.